The summed E-state index contributed by atoms with van der Waals surface area (Å²) in [5.74, 6) is 0.794. The van der Waals surface area contributed by atoms with E-state index in [9.17, 15) is 0 Å². The largest absolute Gasteiger partial charge is 0.279 e. The van der Waals surface area contributed by atoms with Crippen LogP contribution in [0.3, 0.4) is 0 Å². The van der Waals surface area contributed by atoms with Crippen LogP contribution in [0.4, 0.5) is 11.4 Å². The van der Waals surface area contributed by atoms with Crippen molar-refractivity contribution in [2.24, 2.45) is 22.0 Å². The van der Waals surface area contributed by atoms with Crippen LogP contribution in [0.5, 0.6) is 0 Å². The zero-order valence-corrected chi connectivity index (χ0v) is 14.2. The van der Waals surface area contributed by atoms with Crippen LogP contribution in [0.1, 0.15) is 26.7 Å². The molecular weight excluding hydrogens is 296 g/mol. The zero-order valence-electron chi connectivity index (χ0n) is 14.2. The third-order valence-corrected chi connectivity index (χ3v) is 4.37. The Morgan fingerprint density at radius 2 is 1.04 bits per heavy atom. The fourth-order valence-electron chi connectivity index (χ4n) is 2.88. The second kappa shape index (κ2) is 7.77. The molecule has 0 aliphatic heterocycles. The number of hydrogen-bond donors (Lipinski definition) is 2. The fraction of sp³-hybridized carbons (Fsp3) is 0.300. The van der Waals surface area contributed by atoms with E-state index in [1.807, 2.05) is 60.7 Å². The summed E-state index contributed by atoms with van der Waals surface area (Å²) in [7, 11) is 0. The molecule has 1 fully saturated rings. The standard InChI is InChI=1S/C20H24N4/c1-15-13-20(24-22-18-11-7-4-8-12-18)16(2)14-19(15)23-21-17-9-5-3-6-10-17/h3-12,15-16,21-22H,13-14H2,1-2H3/b23-19+,24-20+. The molecule has 2 aromatic carbocycles. The van der Waals surface area contributed by atoms with Gasteiger partial charge in [-0.15, -0.1) is 0 Å². The van der Waals surface area contributed by atoms with Gasteiger partial charge in [-0.05, 0) is 37.1 Å². The smallest absolute Gasteiger partial charge is 0.0561 e. The molecule has 4 nitrogen and oxygen atoms in total. The van der Waals surface area contributed by atoms with Gasteiger partial charge in [0.1, 0.15) is 0 Å². The summed E-state index contributed by atoms with van der Waals surface area (Å²) in [5.41, 5.74) is 10.8. The van der Waals surface area contributed by atoms with Crippen molar-refractivity contribution >= 4 is 22.8 Å². The van der Waals surface area contributed by atoms with Crippen molar-refractivity contribution in [3.8, 4) is 0 Å². The molecule has 1 saturated carbocycles. The third-order valence-electron chi connectivity index (χ3n) is 4.37. The maximum absolute atomic E-state index is 4.63. The molecule has 1 aliphatic carbocycles. The van der Waals surface area contributed by atoms with Gasteiger partial charge in [0.15, 0.2) is 0 Å². The summed E-state index contributed by atoms with van der Waals surface area (Å²) in [6, 6.07) is 20.2. The molecule has 124 valence electrons. The van der Waals surface area contributed by atoms with E-state index >= 15 is 0 Å². The van der Waals surface area contributed by atoms with Crippen molar-refractivity contribution < 1.29 is 0 Å². The van der Waals surface area contributed by atoms with E-state index in [0.717, 1.165) is 24.2 Å². The minimum atomic E-state index is 0.397. The maximum Gasteiger partial charge on any atom is 0.0561 e. The van der Waals surface area contributed by atoms with Gasteiger partial charge in [-0.25, -0.2) is 0 Å². The average Bonchev–Trinajstić information content (AvgIpc) is 2.62. The van der Waals surface area contributed by atoms with Crippen LogP contribution in [0.25, 0.3) is 0 Å². The fourth-order valence-corrected chi connectivity index (χ4v) is 2.88. The van der Waals surface area contributed by atoms with Crippen LogP contribution in [0.15, 0.2) is 70.9 Å². The molecule has 3 rings (SSSR count). The van der Waals surface area contributed by atoms with Crippen molar-refractivity contribution in [1.29, 1.82) is 0 Å². The molecule has 2 N–H and O–H groups in total. The van der Waals surface area contributed by atoms with E-state index in [-0.39, 0.29) is 0 Å². The van der Waals surface area contributed by atoms with Crippen molar-refractivity contribution in [1.82, 2.24) is 0 Å². The molecule has 1 aliphatic rings. The predicted octanol–water partition coefficient (Wildman–Crippen LogP) is 4.99. The SMILES string of the molecule is CC1C/C(=N\Nc2ccccc2)C(C)C/C1=N\Nc1ccccc1. The van der Waals surface area contributed by atoms with Gasteiger partial charge in [-0.3, -0.25) is 10.9 Å². The minimum absolute atomic E-state index is 0.397. The van der Waals surface area contributed by atoms with Crippen molar-refractivity contribution in [3.05, 3.63) is 60.7 Å². The molecule has 0 spiro atoms. The van der Waals surface area contributed by atoms with Gasteiger partial charge < -0.3 is 0 Å². The molecule has 24 heavy (non-hydrogen) atoms. The van der Waals surface area contributed by atoms with E-state index in [4.69, 9.17) is 0 Å². The lowest BCUT2D eigenvalue weighted by atomic mass is 9.81. The van der Waals surface area contributed by atoms with Crippen molar-refractivity contribution in [3.63, 3.8) is 0 Å². The molecule has 4 heteroatoms. The Bertz CT molecular complexity index is 643. The highest BCUT2D eigenvalue weighted by Gasteiger charge is 2.26. The van der Waals surface area contributed by atoms with Gasteiger partial charge in [0.2, 0.25) is 0 Å². The minimum Gasteiger partial charge on any atom is -0.279 e. The number of nitrogens with one attached hydrogen (secondary N) is 2. The molecule has 0 saturated heterocycles. The molecule has 0 heterocycles. The Morgan fingerprint density at radius 1 is 0.667 bits per heavy atom. The van der Waals surface area contributed by atoms with E-state index < -0.39 is 0 Å². The summed E-state index contributed by atoms with van der Waals surface area (Å²) in [6.45, 7) is 4.44. The zero-order chi connectivity index (χ0) is 16.8. The molecule has 2 aromatic rings. The molecule has 0 bridgehead atoms. The molecule has 0 amide bonds. The summed E-state index contributed by atoms with van der Waals surface area (Å²) < 4.78 is 0. The van der Waals surface area contributed by atoms with Crippen LogP contribution >= 0.6 is 0 Å². The van der Waals surface area contributed by atoms with Crippen molar-refractivity contribution in [2.75, 3.05) is 10.9 Å². The molecule has 0 radical (unpaired) electrons. The summed E-state index contributed by atoms with van der Waals surface area (Å²) in [5, 5.41) is 9.26. The number of hydrogen-bond acceptors (Lipinski definition) is 4. The third kappa shape index (κ3) is 4.22. The number of nitrogens with zero attached hydrogens (tertiary/aromatic N) is 2. The molecule has 2 atom stereocenters. The highest BCUT2D eigenvalue weighted by atomic mass is 15.3. The number of anilines is 2. The van der Waals surface area contributed by atoms with E-state index in [0.29, 0.717) is 11.8 Å². The van der Waals surface area contributed by atoms with Gasteiger partial charge in [-0.1, -0.05) is 50.2 Å². The number of hydrazone groups is 2. The number of rotatable bonds is 4. The lowest BCUT2D eigenvalue weighted by Gasteiger charge is -2.27. The van der Waals surface area contributed by atoms with Gasteiger partial charge in [0, 0.05) is 23.3 Å². The Morgan fingerprint density at radius 3 is 1.42 bits per heavy atom. The summed E-state index contributed by atoms with van der Waals surface area (Å²) >= 11 is 0. The number of benzene rings is 2. The van der Waals surface area contributed by atoms with Crippen LogP contribution in [-0.4, -0.2) is 11.4 Å². The van der Waals surface area contributed by atoms with E-state index in [1.54, 1.807) is 0 Å². The van der Waals surface area contributed by atoms with E-state index in [2.05, 4.69) is 34.9 Å². The first-order valence-corrected chi connectivity index (χ1v) is 8.47. The highest BCUT2D eigenvalue weighted by molar-refractivity contribution is 6.01. The topological polar surface area (TPSA) is 48.8 Å². The van der Waals surface area contributed by atoms with Gasteiger partial charge in [0.25, 0.3) is 0 Å². The maximum atomic E-state index is 4.63. The van der Waals surface area contributed by atoms with Crippen LogP contribution in [-0.2, 0) is 0 Å². The van der Waals surface area contributed by atoms with E-state index in [1.165, 1.54) is 11.4 Å². The van der Waals surface area contributed by atoms with Crippen LogP contribution in [0.2, 0.25) is 0 Å². The quantitative estimate of drug-likeness (QED) is 0.780. The first-order chi connectivity index (χ1) is 11.7. The van der Waals surface area contributed by atoms with Crippen LogP contribution in [0, 0.1) is 11.8 Å². The summed E-state index contributed by atoms with van der Waals surface area (Å²) in [6.07, 6.45) is 1.88. The average molecular weight is 320 g/mol. The first kappa shape index (κ1) is 16.2. The second-order valence-corrected chi connectivity index (χ2v) is 6.37. The Labute approximate surface area is 143 Å². The molecular formula is C20H24N4. The van der Waals surface area contributed by atoms with Gasteiger partial charge in [0.05, 0.1) is 11.4 Å². The number of para-hydroxylation sites is 2. The summed E-state index contributed by atoms with van der Waals surface area (Å²) in [4.78, 5) is 0. The Hall–Kier alpha value is -2.62. The molecule has 2 unspecified atom stereocenters. The highest BCUT2D eigenvalue weighted by Crippen LogP contribution is 2.25. The monoisotopic (exact) mass is 320 g/mol. The van der Waals surface area contributed by atoms with Gasteiger partial charge >= 0.3 is 0 Å². The lowest BCUT2D eigenvalue weighted by molar-refractivity contribution is 0.656. The Kier molecular flexibility index (Phi) is 5.26. The van der Waals surface area contributed by atoms with Crippen LogP contribution < -0.4 is 10.9 Å². The van der Waals surface area contributed by atoms with Crippen molar-refractivity contribution in [2.45, 2.75) is 26.7 Å². The second-order valence-electron chi connectivity index (χ2n) is 6.37. The van der Waals surface area contributed by atoms with Gasteiger partial charge in [-0.2, -0.15) is 10.2 Å². The first-order valence-electron chi connectivity index (χ1n) is 8.47. The normalized spacial score (nSPS) is 24.1. The molecule has 0 aromatic heterocycles. The Balaban J connectivity index is 1.63. The predicted molar refractivity (Wildman–Crippen MR) is 103 cm³/mol. The lowest BCUT2D eigenvalue weighted by Crippen LogP contribution is -2.30.